The van der Waals surface area contributed by atoms with Gasteiger partial charge in [-0.15, -0.1) is 0 Å². The summed E-state index contributed by atoms with van der Waals surface area (Å²) >= 11 is 0. The molecular weight excluding hydrogens is 348 g/mol. The summed E-state index contributed by atoms with van der Waals surface area (Å²) in [6.45, 7) is 1.53. The van der Waals surface area contributed by atoms with Gasteiger partial charge >= 0.3 is 6.61 Å². The first-order chi connectivity index (χ1) is 12.6. The number of rotatable bonds is 10. The van der Waals surface area contributed by atoms with Crippen LogP contribution in [0.25, 0.3) is 0 Å². The zero-order valence-electron chi connectivity index (χ0n) is 15.0. The second-order valence-electron chi connectivity index (χ2n) is 5.45. The molecule has 146 valence electrons. The molecule has 9 heteroatoms. The first-order valence-electron chi connectivity index (χ1n) is 8.53. The molecule has 0 unspecified atom stereocenters. The van der Waals surface area contributed by atoms with Crippen LogP contribution in [0.15, 0.2) is 17.1 Å². The minimum atomic E-state index is -2.92. The zero-order valence-corrected chi connectivity index (χ0v) is 15.0. The van der Waals surface area contributed by atoms with Crippen LogP contribution in [0.4, 0.5) is 8.78 Å². The van der Waals surface area contributed by atoms with Crippen LogP contribution in [0.3, 0.4) is 0 Å². The maximum Gasteiger partial charge on any atom is 0.387 e. The highest BCUT2D eigenvalue weighted by atomic mass is 19.3. The number of alkyl halides is 2. The number of hydrogen-bond acceptors (Lipinski definition) is 5. The van der Waals surface area contributed by atoms with E-state index < -0.39 is 6.61 Å². The van der Waals surface area contributed by atoms with Crippen LogP contribution in [-0.2, 0) is 11.3 Å². The van der Waals surface area contributed by atoms with Gasteiger partial charge in [0.1, 0.15) is 5.75 Å². The molecule has 0 fully saturated rings. The van der Waals surface area contributed by atoms with Crippen LogP contribution in [-0.4, -0.2) is 46.2 Å². The van der Waals surface area contributed by atoms with E-state index in [4.69, 9.17) is 14.2 Å². The smallest absolute Gasteiger partial charge is 0.387 e. The number of benzene rings is 1. The maximum absolute atomic E-state index is 12.7. The van der Waals surface area contributed by atoms with Gasteiger partial charge in [0.2, 0.25) is 6.79 Å². The molecule has 1 heterocycles. The minimum Gasteiger partial charge on any atom is -0.454 e. The SMILES string of the molecule is CCOCCCCNC(=NC)NCc1cc2c(cc1OC(F)F)OCO2. The number of hydrogen-bond donors (Lipinski definition) is 2. The average molecular weight is 373 g/mol. The number of guanidine groups is 1. The summed E-state index contributed by atoms with van der Waals surface area (Å²) in [7, 11) is 1.64. The second-order valence-corrected chi connectivity index (χ2v) is 5.45. The fraction of sp³-hybridized carbons (Fsp3) is 0.588. The maximum atomic E-state index is 12.7. The Kier molecular flexibility index (Phi) is 8.20. The van der Waals surface area contributed by atoms with Crippen molar-refractivity contribution >= 4 is 5.96 Å². The molecule has 2 rings (SSSR count). The van der Waals surface area contributed by atoms with Crippen molar-refractivity contribution in [2.45, 2.75) is 32.9 Å². The van der Waals surface area contributed by atoms with Crippen molar-refractivity contribution in [2.24, 2.45) is 4.99 Å². The molecule has 0 aromatic heterocycles. The summed E-state index contributed by atoms with van der Waals surface area (Å²) in [5.74, 6) is 1.51. The predicted molar refractivity (Wildman–Crippen MR) is 93.1 cm³/mol. The van der Waals surface area contributed by atoms with E-state index in [1.165, 1.54) is 6.07 Å². The molecule has 2 N–H and O–H groups in total. The van der Waals surface area contributed by atoms with Crippen molar-refractivity contribution in [3.8, 4) is 17.2 Å². The topological polar surface area (TPSA) is 73.3 Å². The van der Waals surface area contributed by atoms with Gasteiger partial charge in [-0.1, -0.05) is 0 Å². The molecule has 0 bridgehead atoms. The molecule has 7 nitrogen and oxygen atoms in total. The van der Waals surface area contributed by atoms with E-state index in [0.717, 1.165) is 32.6 Å². The van der Waals surface area contributed by atoms with Gasteiger partial charge in [-0.25, -0.2) is 0 Å². The predicted octanol–water partition coefficient (Wildman–Crippen LogP) is 2.50. The fourth-order valence-electron chi connectivity index (χ4n) is 2.39. The number of nitrogens with one attached hydrogen (secondary N) is 2. The molecule has 0 spiro atoms. The third kappa shape index (κ3) is 6.21. The highest BCUT2D eigenvalue weighted by molar-refractivity contribution is 5.79. The van der Waals surface area contributed by atoms with Gasteiger partial charge in [-0.05, 0) is 25.8 Å². The number of fused-ring (bicyclic) bond motifs is 1. The molecule has 1 aromatic rings. The third-order valence-corrected chi connectivity index (χ3v) is 3.65. The standard InChI is InChI=1S/C17H25F2N3O4/c1-3-23-7-5-4-6-21-17(20-2)22-10-12-8-14-15(25-11-24-14)9-13(12)26-16(18)19/h8-9,16H,3-7,10-11H2,1-2H3,(H2,20,21,22). The van der Waals surface area contributed by atoms with Crippen molar-refractivity contribution in [3.63, 3.8) is 0 Å². The second kappa shape index (κ2) is 10.6. The first-order valence-corrected chi connectivity index (χ1v) is 8.53. The minimum absolute atomic E-state index is 0.0453. The van der Waals surface area contributed by atoms with Gasteiger partial charge in [0.15, 0.2) is 17.5 Å². The van der Waals surface area contributed by atoms with Crippen molar-refractivity contribution in [1.82, 2.24) is 10.6 Å². The summed E-state index contributed by atoms with van der Waals surface area (Å²) in [4.78, 5) is 4.12. The Morgan fingerprint density at radius 1 is 1.23 bits per heavy atom. The van der Waals surface area contributed by atoms with E-state index >= 15 is 0 Å². The van der Waals surface area contributed by atoms with Crippen LogP contribution in [0.1, 0.15) is 25.3 Å². The normalized spacial score (nSPS) is 13.2. The Bertz CT molecular complexity index is 600. The number of aliphatic imine (C=N–C) groups is 1. The van der Waals surface area contributed by atoms with Crippen LogP contribution >= 0.6 is 0 Å². The lowest BCUT2D eigenvalue weighted by atomic mass is 10.1. The molecule has 1 aliphatic heterocycles. The van der Waals surface area contributed by atoms with E-state index in [2.05, 4.69) is 20.4 Å². The Morgan fingerprint density at radius 2 is 2.00 bits per heavy atom. The Hall–Kier alpha value is -2.29. The fourth-order valence-corrected chi connectivity index (χ4v) is 2.39. The molecule has 0 aliphatic carbocycles. The van der Waals surface area contributed by atoms with E-state index in [1.807, 2.05) is 6.92 Å². The summed E-state index contributed by atoms with van der Waals surface area (Å²) in [5.41, 5.74) is 0.522. The Balaban J connectivity index is 1.88. The monoisotopic (exact) mass is 373 g/mol. The van der Waals surface area contributed by atoms with Crippen LogP contribution < -0.4 is 24.8 Å². The molecule has 1 aromatic carbocycles. The van der Waals surface area contributed by atoms with E-state index in [-0.39, 0.29) is 19.1 Å². The van der Waals surface area contributed by atoms with Crippen LogP contribution in [0.5, 0.6) is 17.2 Å². The molecule has 0 saturated heterocycles. The van der Waals surface area contributed by atoms with Crippen molar-refractivity contribution < 1.29 is 27.7 Å². The van der Waals surface area contributed by atoms with E-state index in [1.54, 1.807) is 13.1 Å². The molecule has 0 saturated carbocycles. The van der Waals surface area contributed by atoms with Crippen molar-refractivity contribution in [2.75, 3.05) is 33.6 Å². The molecule has 1 aliphatic rings. The quantitative estimate of drug-likeness (QED) is 0.373. The summed E-state index contributed by atoms with van der Waals surface area (Å²) in [6.07, 6.45) is 1.89. The third-order valence-electron chi connectivity index (χ3n) is 3.65. The molecule has 26 heavy (non-hydrogen) atoms. The summed E-state index contributed by atoms with van der Waals surface area (Å²) < 4.78 is 45.7. The molecule has 0 atom stereocenters. The lowest BCUT2D eigenvalue weighted by Gasteiger charge is -2.15. The van der Waals surface area contributed by atoms with Gasteiger partial charge in [0, 0.05) is 45.0 Å². The van der Waals surface area contributed by atoms with Gasteiger partial charge in [-0.2, -0.15) is 8.78 Å². The Labute approximate surface area is 151 Å². The van der Waals surface area contributed by atoms with Crippen molar-refractivity contribution in [3.05, 3.63) is 17.7 Å². The largest absolute Gasteiger partial charge is 0.454 e. The zero-order chi connectivity index (χ0) is 18.8. The summed E-state index contributed by atoms with van der Waals surface area (Å²) in [5, 5.41) is 6.25. The van der Waals surface area contributed by atoms with Crippen LogP contribution in [0.2, 0.25) is 0 Å². The summed E-state index contributed by atoms with van der Waals surface area (Å²) in [6, 6.07) is 3.04. The number of halogens is 2. The van der Waals surface area contributed by atoms with E-state index in [0.29, 0.717) is 23.0 Å². The first kappa shape index (κ1) is 20.0. The number of nitrogens with zero attached hydrogens (tertiary/aromatic N) is 1. The number of ether oxygens (including phenoxy) is 4. The number of unbranched alkanes of at least 4 members (excludes halogenated alkanes) is 1. The molecule has 0 amide bonds. The average Bonchev–Trinajstić information content (AvgIpc) is 3.07. The van der Waals surface area contributed by atoms with Gasteiger partial charge in [0.25, 0.3) is 0 Å². The van der Waals surface area contributed by atoms with Gasteiger partial charge in [-0.3, -0.25) is 4.99 Å². The lowest BCUT2D eigenvalue weighted by Crippen LogP contribution is -2.37. The van der Waals surface area contributed by atoms with Crippen LogP contribution in [0, 0.1) is 0 Å². The molecule has 0 radical (unpaired) electrons. The van der Waals surface area contributed by atoms with Gasteiger partial charge in [0.05, 0.1) is 0 Å². The van der Waals surface area contributed by atoms with Crippen molar-refractivity contribution in [1.29, 1.82) is 0 Å². The highest BCUT2D eigenvalue weighted by Gasteiger charge is 2.20. The Morgan fingerprint density at radius 3 is 2.69 bits per heavy atom. The lowest BCUT2D eigenvalue weighted by molar-refractivity contribution is -0.0505. The van der Waals surface area contributed by atoms with E-state index in [9.17, 15) is 8.78 Å². The molecular formula is C17H25F2N3O4. The highest BCUT2D eigenvalue weighted by Crippen LogP contribution is 2.38. The van der Waals surface area contributed by atoms with Gasteiger partial charge < -0.3 is 29.6 Å².